The van der Waals surface area contributed by atoms with Crippen molar-refractivity contribution in [2.45, 2.75) is 6.92 Å². The highest BCUT2D eigenvalue weighted by Gasteiger charge is 2.20. The maximum absolute atomic E-state index is 12.4. The Kier molecular flexibility index (Phi) is 4.86. The van der Waals surface area contributed by atoms with E-state index < -0.39 is 5.97 Å². The Morgan fingerprint density at radius 1 is 1.40 bits per heavy atom. The highest BCUT2D eigenvalue weighted by Crippen LogP contribution is 2.37. The number of aryl methyl sites for hydroxylation is 1. The van der Waals surface area contributed by atoms with Gasteiger partial charge in [0.05, 0.1) is 22.3 Å². The van der Waals surface area contributed by atoms with Crippen LogP contribution in [0.15, 0.2) is 22.7 Å². The molecule has 2 aromatic heterocycles. The molecule has 0 saturated heterocycles. The fraction of sp³-hybridized carbons (Fsp3) is 0.188. The lowest BCUT2D eigenvalue weighted by molar-refractivity contribution is 0.0606. The normalized spacial score (nSPS) is 10.9. The molecule has 25 heavy (non-hydrogen) atoms. The highest BCUT2D eigenvalue weighted by atomic mass is 79.9. The molecule has 3 aromatic rings. The van der Waals surface area contributed by atoms with E-state index in [1.165, 1.54) is 18.4 Å². The van der Waals surface area contributed by atoms with E-state index in [0.29, 0.717) is 25.8 Å². The number of rotatable bonds is 3. The molecule has 0 aliphatic carbocycles. The summed E-state index contributed by atoms with van der Waals surface area (Å²) in [6, 6.07) is 5.25. The average Bonchev–Trinajstić information content (AvgIpc) is 3.05. The number of methoxy groups -OCH3 is 1. The molecular weight excluding hydrogens is 430 g/mol. The van der Waals surface area contributed by atoms with Crippen LogP contribution in [0.5, 0.6) is 0 Å². The molecule has 0 saturated carbocycles. The third kappa shape index (κ3) is 3.17. The van der Waals surface area contributed by atoms with Crippen LogP contribution in [0, 0.1) is 6.92 Å². The third-order valence-electron chi connectivity index (χ3n) is 3.73. The van der Waals surface area contributed by atoms with E-state index in [1.807, 2.05) is 6.92 Å². The molecule has 6 nitrogen and oxygen atoms in total. The van der Waals surface area contributed by atoms with Crippen molar-refractivity contribution < 1.29 is 14.3 Å². The number of anilines is 1. The minimum Gasteiger partial charge on any atom is -0.465 e. The van der Waals surface area contributed by atoms with Gasteiger partial charge in [0.15, 0.2) is 5.69 Å². The van der Waals surface area contributed by atoms with E-state index in [0.717, 1.165) is 15.8 Å². The molecule has 1 N–H and O–H groups in total. The van der Waals surface area contributed by atoms with Gasteiger partial charge in [0, 0.05) is 22.8 Å². The van der Waals surface area contributed by atoms with Gasteiger partial charge < -0.3 is 10.1 Å². The fourth-order valence-corrected chi connectivity index (χ4v) is 4.27. The van der Waals surface area contributed by atoms with Gasteiger partial charge >= 0.3 is 5.97 Å². The van der Waals surface area contributed by atoms with Gasteiger partial charge in [0.25, 0.3) is 5.91 Å². The Labute approximate surface area is 160 Å². The van der Waals surface area contributed by atoms with Crippen LogP contribution in [0.2, 0.25) is 5.02 Å². The molecule has 0 bridgehead atoms. The quantitative estimate of drug-likeness (QED) is 0.610. The highest BCUT2D eigenvalue weighted by molar-refractivity contribution is 9.10. The van der Waals surface area contributed by atoms with Crippen molar-refractivity contribution in [1.29, 1.82) is 0 Å². The van der Waals surface area contributed by atoms with Gasteiger partial charge in [-0.3, -0.25) is 9.48 Å². The number of nitrogens with one attached hydrogen (secondary N) is 1. The second-order valence-electron chi connectivity index (χ2n) is 5.27. The van der Waals surface area contributed by atoms with Gasteiger partial charge in [0.1, 0.15) is 4.88 Å². The number of fused-ring (bicyclic) bond motifs is 1. The number of ether oxygens (including phenoxy) is 1. The molecule has 0 spiro atoms. The van der Waals surface area contributed by atoms with Crippen molar-refractivity contribution in [1.82, 2.24) is 9.78 Å². The van der Waals surface area contributed by atoms with Crippen LogP contribution in [0.1, 0.15) is 25.9 Å². The van der Waals surface area contributed by atoms with E-state index in [4.69, 9.17) is 16.3 Å². The van der Waals surface area contributed by atoms with E-state index in [-0.39, 0.29) is 5.91 Å². The number of thiophene rings is 1. The molecule has 2 heterocycles. The number of hydrogen-bond donors (Lipinski definition) is 1. The van der Waals surface area contributed by atoms with Crippen molar-refractivity contribution >= 4 is 66.5 Å². The van der Waals surface area contributed by atoms with Crippen molar-refractivity contribution in [3.05, 3.63) is 44.0 Å². The first kappa shape index (κ1) is 17.9. The molecular formula is C16H13BrClN3O3S. The van der Waals surface area contributed by atoms with Gasteiger partial charge in [-0.25, -0.2) is 4.79 Å². The number of halogens is 2. The van der Waals surface area contributed by atoms with E-state index in [1.54, 1.807) is 29.9 Å². The molecule has 0 atom stereocenters. The van der Waals surface area contributed by atoms with Crippen LogP contribution in [0.25, 0.3) is 10.1 Å². The summed E-state index contributed by atoms with van der Waals surface area (Å²) in [7, 11) is 3.08. The van der Waals surface area contributed by atoms with Crippen LogP contribution in [0.3, 0.4) is 0 Å². The zero-order valence-electron chi connectivity index (χ0n) is 13.5. The predicted molar refractivity (Wildman–Crippen MR) is 102 cm³/mol. The molecule has 0 fully saturated rings. The average molecular weight is 443 g/mol. The summed E-state index contributed by atoms with van der Waals surface area (Å²) in [5.74, 6) is -0.810. The topological polar surface area (TPSA) is 73.2 Å². The number of aromatic nitrogens is 2. The molecule has 1 aromatic carbocycles. The summed E-state index contributed by atoms with van der Waals surface area (Å²) >= 11 is 10.8. The number of esters is 1. The molecule has 0 aliphatic rings. The standard InChI is InChI=1S/C16H13BrClN3O3S/c1-7-11(17)13(20-21(7)2)15(22)19-8-4-5-9-10(6-8)25-14(12(9)18)16(23)24-3/h4-6H,1-3H3,(H,19,22). The van der Waals surface area contributed by atoms with Crippen LogP contribution in [-0.2, 0) is 11.8 Å². The Balaban J connectivity index is 1.93. The molecule has 0 aliphatic heterocycles. The van der Waals surface area contributed by atoms with E-state index in [9.17, 15) is 9.59 Å². The fourth-order valence-electron chi connectivity index (χ4n) is 2.28. The lowest BCUT2D eigenvalue weighted by Gasteiger charge is -2.04. The third-order valence-corrected chi connectivity index (χ3v) is 6.32. The summed E-state index contributed by atoms with van der Waals surface area (Å²) in [4.78, 5) is 24.5. The smallest absolute Gasteiger partial charge is 0.349 e. The lowest BCUT2D eigenvalue weighted by atomic mass is 10.2. The Morgan fingerprint density at radius 2 is 2.12 bits per heavy atom. The molecule has 0 unspecified atom stereocenters. The maximum Gasteiger partial charge on any atom is 0.349 e. The van der Waals surface area contributed by atoms with Gasteiger partial charge in [0.2, 0.25) is 0 Å². The van der Waals surface area contributed by atoms with Crippen molar-refractivity contribution in [3.8, 4) is 0 Å². The number of benzene rings is 1. The van der Waals surface area contributed by atoms with Gasteiger partial charge in [-0.2, -0.15) is 5.10 Å². The predicted octanol–water partition coefficient (Wildman–Crippen LogP) is 4.40. The van der Waals surface area contributed by atoms with Crippen LogP contribution in [0.4, 0.5) is 5.69 Å². The number of hydrogen-bond acceptors (Lipinski definition) is 5. The summed E-state index contributed by atoms with van der Waals surface area (Å²) in [6.45, 7) is 1.86. The van der Waals surface area contributed by atoms with Crippen molar-refractivity contribution in [2.75, 3.05) is 12.4 Å². The monoisotopic (exact) mass is 441 g/mol. The second-order valence-corrected chi connectivity index (χ2v) is 7.50. The molecule has 9 heteroatoms. The summed E-state index contributed by atoms with van der Waals surface area (Å²) in [5.41, 5.74) is 1.75. The SMILES string of the molecule is COC(=O)c1sc2cc(NC(=O)c3nn(C)c(C)c3Br)ccc2c1Cl. The first-order valence-electron chi connectivity index (χ1n) is 7.14. The second kappa shape index (κ2) is 6.78. The van der Waals surface area contributed by atoms with Crippen molar-refractivity contribution in [3.63, 3.8) is 0 Å². The molecule has 130 valence electrons. The molecule has 3 rings (SSSR count). The van der Waals surface area contributed by atoms with E-state index >= 15 is 0 Å². The van der Waals surface area contributed by atoms with Gasteiger partial charge in [-0.15, -0.1) is 11.3 Å². The Bertz CT molecular complexity index is 1010. The number of carbonyl (C=O) groups is 2. The Hall–Kier alpha value is -1.90. The minimum atomic E-state index is -0.482. The maximum atomic E-state index is 12.4. The van der Waals surface area contributed by atoms with Gasteiger partial charge in [-0.05, 0) is 41.1 Å². The number of nitrogens with zero attached hydrogens (tertiary/aromatic N) is 2. The van der Waals surface area contributed by atoms with Crippen molar-refractivity contribution in [2.24, 2.45) is 7.05 Å². The minimum absolute atomic E-state index is 0.305. The molecule has 0 radical (unpaired) electrons. The number of carbonyl (C=O) groups excluding carboxylic acids is 2. The molecule has 1 amide bonds. The van der Waals surface area contributed by atoms with Crippen LogP contribution < -0.4 is 5.32 Å². The van der Waals surface area contributed by atoms with Crippen LogP contribution >= 0.6 is 38.9 Å². The first-order valence-corrected chi connectivity index (χ1v) is 9.13. The largest absolute Gasteiger partial charge is 0.465 e. The first-order chi connectivity index (χ1) is 11.8. The number of amides is 1. The summed E-state index contributed by atoms with van der Waals surface area (Å²) in [6.07, 6.45) is 0. The zero-order chi connectivity index (χ0) is 18.3. The summed E-state index contributed by atoms with van der Waals surface area (Å²) in [5, 5.41) is 8.10. The summed E-state index contributed by atoms with van der Waals surface area (Å²) < 4.78 is 7.79. The van der Waals surface area contributed by atoms with Crippen LogP contribution in [-0.4, -0.2) is 28.8 Å². The van der Waals surface area contributed by atoms with Gasteiger partial charge in [-0.1, -0.05) is 11.6 Å². The lowest BCUT2D eigenvalue weighted by Crippen LogP contribution is -2.13. The Morgan fingerprint density at radius 3 is 2.72 bits per heavy atom. The van der Waals surface area contributed by atoms with E-state index in [2.05, 4.69) is 26.3 Å². The zero-order valence-corrected chi connectivity index (χ0v) is 16.7.